The lowest BCUT2D eigenvalue weighted by atomic mass is 10.0. The van der Waals surface area contributed by atoms with E-state index in [0.717, 1.165) is 24.3 Å². The Morgan fingerprint density at radius 3 is 2.17 bits per heavy atom. The molecule has 0 aliphatic carbocycles. The summed E-state index contributed by atoms with van der Waals surface area (Å²) >= 11 is 0. The summed E-state index contributed by atoms with van der Waals surface area (Å²) in [7, 11) is 4.10. The maximum Gasteiger partial charge on any atom is 0.119 e. The highest BCUT2D eigenvalue weighted by Crippen LogP contribution is 2.22. The molecule has 0 aliphatic heterocycles. The zero-order chi connectivity index (χ0) is 21.5. The predicted molar refractivity (Wildman–Crippen MR) is 129 cm³/mol. The monoisotopic (exact) mass is 389 g/mol. The molecule has 0 spiro atoms. The maximum absolute atomic E-state index is 5.73. The van der Waals surface area contributed by atoms with Gasteiger partial charge in [-0.2, -0.15) is 0 Å². The standard InChI is InChI=1S/C20H25NO.C7H10/c1-4-18(19-8-6-5-7-9-19)16-17-10-12-20(13-11-17)22-15-14-21(2)3;1-4-5-6-7(2)3/h5-13,16H,4,14-15H2,1-3H3;4-6H,1-2H2,3H3/b18-16-;6-5-. The van der Waals surface area contributed by atoms with Crippen molar-refractivity contribution >= 4 is 11.6 Å². The molecule has 0 aromatic heterocycles. The van der Waals surface area contributed by atoms with E-state index in [1.165, 1.54) is 16.7 Å². The van der Waals surface area contributed by atoms with Crippen molar-refractivity contribution in [3.05, 3.63) is 103 Å². The number of nitrogens with zero attached hydrogens (tertiary/aromatic N) is 1. The second-order valence-corrected chi connectivity index (χ2v) is 7.05. The molecule has 0 aliphatic rings. The van der Waals surface area contributed by atoms with E-state index in [1.807, 2.05) is 45.3 Å². The Balaban J connectivity index is 0.000000516. The highest BCUT2D eigenvalue weighted by molar-refractivity contribution is 5.81. The molecule has 0 heterocycles. The molecule has 0 unspecified atom stereocenters. The van der Waals surface area contributed by atoms with Crippen LogP contribution in [0.3, 0.4) is 0 Å². The van der Waals surface area contributed by atoms with Crippen molar-refractivity contribution < 1.29 is 4.74 Å². The first-order valence-corrected chi connectivity index (χ1v) is 10.0. The van der Waals surface area contributed by atoms with E-state index >= 15 is 0 Å². The fraction of sp³-hybridized carbons (Fsp3) is 0.259. The largest absolute Gasteiger partial charge is 0.492 e. The van der Waals surface area contributed by atoms with E-state index in [1.54, 1.807) is 6.08 Å². The molecular weight excluding hydrogens is 354 g/mol. The molecule has 2 aromatic carbocycles. The number of benzene rings is 2. The number of likely N-dealkylation sites (N-methyl/N-ethyl adjacent to an activating group) is 1. The average molecular weight is 390 g/mol. The van der Waals surface area contributed by atoms with Gasteiger partial charge in [0.15, 0.2) is 0 Å². The van der Waals surface area contributed by atoms with Gasteiger partial charge in [0.05, 0.1) is 0 Å². The second-order valence-electron chi connectivity index (χ2n) is 7.05. The quantitative estimate of drug-likeness (QED) is 0.342. The Bertz CT molecular complexity index is 783. The first kappa shape index (κ1) is 24.2. The molecule has 2 heteroatoms. The first-order chi connectivity index (χ1) is 14.0. The van der Waals surface area contributed by atoms with Gasteiger partial charge in [0.2, 0.25) is 0 Å². The van der Waals surface area contributed by atoms with Crippen LogP contribution < -0.4 is 4.74 Å². The van der Waals surface area contributed by atoms with Crippen LogP contribution in [0.2, 0.25) is 0 Å². The molecule has 0 N–H and O–H groups in total. The summed E-state index contributed by atoms with van der Waals surface area (Å²) in [5.74, 6) is 0.928. The highest BCUT2D eigenvalue weighted by atomic mass is 16.5. The van der Waals surface area contributed by atoms with Gasteiger partial charge >= 0.3 is 0 Å². The summed E-state index contributed by atoms with van der Waals surface area (Å²) in [5, 5.41) is 0. The van der Waals surface area contributed by atoms with Crippen LogP contribution in [0.5, 0.6) is 5.75 Å². The van der Waals surface area contributed by atoms with Crippen LogP contribution in [0, 0.1) is 0 Å². The van der Waals surface area contributed by atoms with Gasteiger partial charge < -0.3 is 9.64 Å². The van der Waals surface area contributed by atoms with Crippen LogP contribution in [-0.4, -0.2) is 32.1 Å². The molecule has 2 nitrogen and oxygen atoms in total. The van der Waals surface area contributed by atoms with E-state index in [0.29, 0.717) is 6.61 Å². The number of hydrogen-bond donors (Lipinski definition) is 0. The first-order valence-electron chi connectivity index (χ1n) is 10.0. The van der Waals surface area contributed by atoms with Crippen LogP contribution in [0.1, 0.15) is 31.4 Å². The van der Waals surface area contributed by atoms with Crippen molar-refractivity contribution in [2.75, 3.05) is 27.2 Å². The smallest absolute Gasteiger partial charge is 0.119 e. The van der Waals surface area contributed by atoms with Gasteiger partial charge in [0.1, 0.15) is 12.4 Å². The number of allylic oxidation sites excluding steroid dienone is 5. The van der Waals surface area contributed by atoms with Gasteiger partial charge in [0, 0.05) is 6.54 Å². The third-order valence-corrected chi connectivity index (χ3v) is 4.07. The molecule has 0 amide bonds. The summed E-state index contributed by atoms with van der Waals surface area (Å²) in [6, 6.07) is 18.9. The maximum atomic E-state index is 5.73. The molecular formula is C27H35NO. The van der Waals surface area contributed by atoms with E-state index in [9.17, 15) is 0 Å². The third-order valence-electron chi connectivity index (χ3n) is 4.07. The van der Waals surface area contributed by atoms with E-state index in [2.05, 4.69) is 73.5 Å². The Morgan fingerprint density at radius 2 is 1.69 bits per heavy atom. The van der Waals surface area contributed by atoms with Crippen LogP contribution in [-0.2, 0) is 0 Å². The van der Waals surface area contributed by atoms with Crippen LogP contribution in [0.25, 0.3) is 11.6 Å². The molecule has 0 radical (unpaired) electrons. The van der Waals surface area contributed by atoms with Crippen molar-refractivity contribution in [1.29, 1.82) is 0 Å². The van der Waals surface area contributed by atoms with Gasteiger partial charge in [-0.25, -0.2) is 0 Å². The lowest BCUT2D eigenvalue weighted by molar-refractivity contribution is 0.261. The van der Waals surface area contributed by atoms with Gasteiger partial charge in [-0.15, -0.1) is 0 Å². The van der Waals surface area contributed by atoms with Crippen molar-refractivity contribution in [3.8, 4) is 5.75 Å². The van der Waals surface area contributed by atoms with Crippen molar-refractivity contribution in [1.82, 2.24) is 4.90 Å². The summed E-state index contributed by atoms with van der Waals surface area (Å²) in [6.07, 6.45) is 8.77. The fourth-order valence-electron chi connectivity index (χ4n) is 2.48. The van der Waals surface area contributed by atoms with Gasteiger partial charge in [-0.3, -0.25) is 0 Å². The summed E-state index contributed by atoms with van der Waals surface area (Å²) in [4.78, 5) is 2.12. The molecule has 2 rings (SSSR count). The van der Waals surface area contributed by atoms with Crippen molar-refractivity contribution in [2.45, 2.75) is 20.3 Å². The predicted octanol–water partition coefficient (Wildman–Crippen LogP) is 6.88. The summed E-state index contributed by atoms with van der Waals surface area (Å²) in [5.41, 5.74) is 4.90. The van der Waals surface area contributed by atoms with Crippen molar-refractivity contribution in [3.63, 3.8) is 0 Å². The molecule has 0 fully saturated rings. The lowest BCUT2D eigenvalue weighted by Gasteiger charge is -2.11. The Morgan fingerprint density at radius 1 is 1.03 bits per heavy atom. The fourth-order valence-corrected chi connectivity index (χ4v) is 2.48. The van der Waals surface area contributed by atoms with E-state index in [-0.39, 0.29) is 0 Å². The normalized spacial score (nSPS) is 11.1. The average Bonchev–Trinajstić information content (AvgIpc) is 2.72. The van der Waals surface area contributed by atoms with Crippen molar-refractivity contribution in [2.24, 2.45) is 0 Å². The number of rotatable bonds is 9. The van der Waals surface area contributed by atoms with Crippen LogP contribution in [0.4, 0.5) is 0 Å². The third kappa shape index (κ3) is 10.9. The minimum Gasteiger partial charge on any atom is -0.492 e. The number of hydrogen-bond acceptors (Lipinski definition) is 2. The van der Waals surface area contributed by atoms with Crippen LogP contribution >= 0.6 is 0 Å². The van der Waals surface area contributed by atoms with E-state index < -0.39 is 0 Å². The molecule has 0 atom stereocenters. The van der Waals surface area contributed by atoms with E-state index in [4.69, 9.17) is 4.74 Å². The minimum absolute atomic E-state index is 0.715. The lowest BCUT2D eigenvalue weighted by Crippen LogP contribution is -2.19. The Labute approximate surface area is 177 Å². The Hall–Kier alpha value is -2.84. The molecule has 154 valence electrons. The molecule has 0 saturated carbocycles. The zero-order valence-electron chi connectivity index (χ0n) is 18.4. The van der Waals surface area contributed by atoms with Gasteiger partial charge in [-0.1, -0.05) is 92.4 Å². The molecule has 0 bridgehead atoms. The highest BCUT2D eigenvalue weighted by Gasteiger charge is 2.00. The summed E-state index contributed by atoms with van der Waals surface area (Å²) < 4.78 is 5.73. The van der Waals surface area contributed by atoms with Crippen LogP contribution in [0.15, 0.2) is 91.6 Å². The summed E-state index contributed by atoms with van der Waals surface area (Å²) in [6.45, 7) is 12.9. The SMILES string of the molecule is C=C/C=C\C(=C)C.CC/C(=C/c1ccc(OCCN(C)C)cc1)c1ccccc1. The molecule has 2 aromatic rings. The minimum atomic E-state index is 0.715. The Kier molecular flexibility index (Phi) is 11.8. The van der Waals surface area contributed by atoms with Gasteiger partial charge in [0.25, 0.3) is 0 Å². The second kappa shape index (κ2) is 14.2. The molecule has 0 saturated heterocycles. The number of ether oxygens (including phenoxy) is 1. The zero-order valence-corrected chi connectivity index (χ0v) is 18.4. The molecule has 29 heavy (non-hydrogen) atoms. The topological polar surface area (TPSA) is 12.5 Å². The van der Waals surface area contributed by atoms with Gasteiger partial charge in [-0.05, 0) is 56.3 Å².